The first-order chi connectivity index (χ1) is 8.04. The average molecular weight is 300 g/mol. The van der Waals surface area contributed by atoms with Crippen molar-refractivity contribution >= 4 is 27.8 Å². The lowest BCUT2D eigenvalue weighted by atomic mass is 10.2. The van der Waals surface area contributed by atoms with E-state index in [0.29, 0.717) is 30.4 Å². The highest BCUT2D eigenvalue weighted by atomic mass is 79.9. The molecule has 17 heavy (non-hydrogen) atoms. The largest absolute Gasteiger partial charge is 0.462 e. The Kier molecular flexibility index (Phi) is 5.09. The Morgan fingerprint density at radius 3 is 2.88 bits per heavy atom. The van der Waals surface area contributed by atoms with Gasteiger partial charge >= 0.3 is 5.97 Å². The summed E-state index contributed by atoms with van der Waals surface area (Å²) in [7, 11) is 0. The number of carbonyl (C=O) groups excluding carboxylic acids is 1. The zero-order chi connectivity index (χ0) is 12.8. The maximum atomic E-state index is 11.5. The summed E-state index contributed by atoms with van der Waals surface area (Å²) in [6.07, 6.45) is 1.46. The molecule has 1 aromatic rings. The lowest BCUT2D eigenvalue weighted by Gasteiger charge is -2.07. The zero-order valence-electron chi connectivity index (χ0n) is 9.79. The second kappa shape index (κ2) is 6.34. The molecule has 0 spiro atoms. The van der Waals surface area contributed by atoms with Gasteiger partial charge in [-0.05, 0) is 13.8 Å². The summed E-state index contributed by atoms with van der Waals surface area (Å²) in [5.74, 6) is 0.0533. The number of ether oxygens (including phenoxy) is 1. The van der Waals surface area contributed by atoms with Gasteiger partial charge in [-0.3, -0.25) is 0 Å². The molecule has 0 bridgehead atoms. The van der Waals surface area contributed by atoms with Crippen molar-refractivity contribution < 1.29 is 9.53 Å². The fourth-order valence-electron chi connectivity index (χ4n) is 1.14. The molecule has 0 aromatic carbocycles. The van der Waals surface area contributed by atoms with Crippen LogP contribution in [-0.4, -0.2) is 29.1 Å². The summed E-state index contributed by atoms with van der Waals surface area (Å²) in [6.45, 7) is 8.04. The van der Waals surface area contributed by atoms with Crippen LogP contribution in [0.3, 0.4) is 0 Å². The van der Waals surface area contributed by atoms with Crippen molar-refractivity contribution in [3.8, 4) is 0 Å². The van der Waals surface area contributed by atoms with Gasteiger partial charge < -0.3 is 10.1 Å². The molecule has 0 fully saturated rings. The number of halogens is 1. The van der Waals surface area contributed by atoms with Crippen molar-refractivity contribution in [2.75, 3.05) is 18.5 Å². The summed E-state index contributed by atoms with van der Waals surface area (Å²) in [5, 5.41) is 2.96. The highest BCUT2D eigenvalue weighted by Gasteiger charge is 2.12. The van der Waals surface area contributed by atoms with E-state index in [-0.39, 0.29) is 0 Å². The molecule has 5 nitrogen and oxygen atoms in total. The maximum absolute atomic E-state index is 11.5. The number of hydrogen-bond donors (Lipinski definition) is 1. The van der Waals surface area contributed by atoms with Crippen LogP contribution in [0.4, 0.5) is 5.95 Å². The van der Waals surface area contributed by atoms with E-state index >= 15 is 0 Å². The number of anilines is 1. The Bertz CT molecular complexity index is 435. The van der Waals surface area contributed by atoms with Gasteiger partial charge in [0.2, 0.25) is 5.95 Å². The van der Waals surface area contributed by atoms with Gasteiger partial charge in [-0.2, -0.15) is 0 Å². The predicted molar refractivity (Wildman–Crippen MR) is 69.3 cm³/mol. The van der Waals surface area contributed by atoms with E-state index in [1.807, 2.05) is 0 Å². The van der Waals surface area contributed by atoms with E-state index in [2.05, 4.69) is 37.8 Å². The first-order valence-electron chi connectivity index (χ1n) is 5.12. The molecule has 0 atom stereocenters. The Balaban J connectivity index is 2.79. The Morgan fingerprint density at radius 2 is 2.35 bits per heavy atom. The van der Waals surface area contributed by atoms with Crippen molar-refractivity contribution in [2.24, 2.45) is 0 Å². The number of carbonyl (C=O) groups is 1. The number of aryl methyl sites for hydroxylation is 1. The van der Waals surface area contributed by atoms with Crippen molar-refractivity contribution in [2.45, 2.75) is 13.8 Å². The van der Waals surface area contributed by atoms with E-state index in [4.69, 9.17) is 4.74 Å². The minimum Gasteiger partial charge on any atom is -0.462 e. The number of esters is 1. The van der Waals surface area contributed by atoms with Crippen molar-refractivity contribution in [3.05, 3.63) is 28.5 Å². The first kappa shape index (κ1) is 13.6. The van der Waals surface area contributed by atoms with Gasteiger partial charge in [-0.1, -0.05) is 22.5 Å². The van der Waals surface area contributed by atoms with Crippen molar-refractivity contribution in [1.29, 1.82) is 0 Å². The molecule has 0 aliphatic rings. The molecule has 0 saturated heterocycles. The Morgan fingerprint density at radius 1 is 1.65 bits per heavy atom. The van der Waals surface area contributed by atoms with Crippen LogP contribution in [0.2, 0.25) is 0 Å². The summed E-state index contributed by atoms with van der Waals surface area (Å²) in [5.41, 5.74) is 0.969. The third kappa shape index (κ3) is 4.14. The van der Waals surface area contributed by atoms with Crippen LogP contribution in [0.1, 0.15) is 23.0 Å². The molecule has 92 valence electrons. The van der Waals surface area contributed by atoms with E-state index in [1.165, 1.54) is 6.20 Å². The van der Waals surface area contributed by atoms with Crippen LogP contribution in [0.15, 0.2) is 17.3 Å². The maximum Gasteiger partial charge on any atom is 0.341 e. The quantitative estimate of drug-likeness (QED) is 0.845. The smallest absolute Gasteiger partial charge is 0.341 e. The van der Waals surface area contributed by atoms with Crippen LogP contribution in [0, 0.1) is 6.92 Å². The van der Waals surface area contributed by atoms with E-state index < -0.39 is 5.97 Å². The van der Waals surface area contributed by atoms with Gasteiger partial charge in [0.1, 0.15) is 0 Å². The molecule has 0 aliphatic carbocycles. The number of hydrogen-bond acceptors (Lipinski definition) is 5. The summed E-state index contributed by atoms with van der Waals surface area (Å²) in [4.78, 5) is 19.7. The van der Waals surface area contributed by atoms with Gasteiger partial charge in [0.15, 0.2) is 0 Å². The molecular formula is C11H14BrN3O2. The Labute approximate surface area is 108 Å². The van der Waals surface area contributed by atoms with Gasteiger partial charge in [0.05, 0.1) is 17.9 Å². The monoisotopic (exact) mass is 299 g/mol. The molecule has 0 radical (unpaired) electrons. The molecule has 0 amide bonds. The molecule has 0 saturated carbocycles. The second-order valence-electron chi connectivity index (χ2n) is 3.28. The molecule has 6 heteroatoms. The zero-order valence-corrected chi connectivity index (χ0v) is 11.4. The van der Waals surface area contributed by atoms with Crippen molar-refractivity contribution in [1.82, 2.24) is 9.97 Å². The number of aromatic nitrogens is 2. The van der Waals surface area contributed by atoms with Crippen LogP contribution in [0.5, 0.6) is 0 Å². The molecule has 1 heterocycles. The van der Waals surface area contributed by atoms with E-state index in [1.54, 1.807) is 13.8 Å². The fraction of sp³-hybridized carbons (Fsp3) is 0.364. The fourth-order valence-corrected chi connectivity index (χ4v) is 1.28. The summed E-state index contributed by atoms with van der Waals surface area (Å²) in [6, 6.07) is 0. The minimum atomic E-state index is -0.401. The third-order valence-corrected chi connectivity index (χ3v) is 2.19. The molecular weight excluding hydrogens is 286 g/mol. The second-order valence-corrected chi connectivity index (χ2v) is 4.41. The van der Waals surface area contributed by atoms with Gasteiger partial charge in [-0.15, -0.1) is 0 Å². The molecule has 1 N–H and O–H groups in total. The topological polar surface area (TPSA) is 64.1 Å². The van der Waals surface area contributed by atoms with E-state index in [9.17, 15) is 4.79 Å². The first-order valence-corrected chi connectivity index (χ1v) is 5.91. The van der Waals surface area contributed by atoms with E-state index in [0.717, 1.165) is 4.48 Å². The molecule has 1 aromatic heterocycles. The number of rotatable bonds is 5. The number of nitrogens with zero attached hydrogens (tertiary/aromatic N) is 2. The average Bonchev–Trinajstić information content (AvgIpc) is 2.26. The van der Waals surface area contributed by atoms with Crippen LogP contribution in [-0.2, 0) is 4.74 Å². The molecule has 1 rings (SSSR count). The minimum absolute atomic E-state index is 0.335. The molecule has 0 aliphatic heterocycles. The van der Waals surface area contributed by atoms with Crippen LogP contribution < -0.4 is 5.32 Å². The summed E-state index contributed by atoms with van der Waals surface area (Å²) < 4.78 is 5.69. The Hall–Kier alpha value is -1.43. The normalized spacial score (nSPS) is 9.82. The lowest BCUT2D eigenvalue weighted by Crippen LogP contribution is -2.11. The third-order valence-electron chi connectivity index (χ3n) is 1.91. The predicted octanol–water partition coefficient (Wildman–Crippen LogP) is 2.28. The molecule has 0 unspecified atom stereocenters. The van der Waals surface area contributed by atoms with Crippen molar-refractivity contribution in [3.63, 3.8) is 0 Å². The number of nitrogens with one attached hydrogen (secondary N) is 1. The standard InChI is InChI=1S/C11H14BrN3O2/c1-4-17-10(16)9-6-14-11(15-8(9)3)13-5-7(2)12/h6H,2,4-5H2,1,3H3,(H,13,14,15). The highest BCUT2D eigenvalue weighted by molar-refractivity contribution is 9.11. The SMILES string of the molecule is C=C(Br)CNc1ncc(C(=O)OCC)c(C)n1. The van der Waals surface area contributed by atoms with Crippen LogP contribution >= 0.6 is 15.9 Å². The summed E-state index contributed by atoms with van der Waals surface area (Å²) >= 11 is 3.22. The van der Waals surface area contributed by atoms with Gasteiger partial charge in [0, 0.05) is 17.2 Å². The lowest BCUT2D eigenvalue weighted by molar-refractivity contribution is 0.0524. The van der Waals surface area contributed by atoms with Gasteiger partial charge in [-0.25, -0.2) is 14.8 Å². The van der Waals surface area contributed by atoms with Gasteiger partial charge in [0.25, 0.3) is 0 Å². The van der Waals surface area contributed by atoms with Crippen LogP contribution in [0.25, 0.3) is 0 Å². The highest BCUT2D eigenvalue weighted by Crippen LogP contribution is 2.09.